The van der Waals surface area contributed by atoms with Gasteiger partial charge in [-0.2, -0.15) is 0 Å². The number of allylic oxidation sites excluding steroid dienone is 1. The van der Waals surface area contributed by atoms with Gasteiger partial charge >= 0.3 is 0 Å². The predicted molar refractivity (Wildman–Crippen MR) is 105 cm³/mol. The second kappa shape index (κ2) is 7.50. The number of carbonyl (C=O) groups is 1. The number of hydrogen-bond donors (Lipinski definition) is 0. The van der Waals surface area contributed by atoms with E-state index in [0.717, 1.165) is 52.8 Å². The van der Waals surface area contributed by atoms with Crippen molar-refractivity contribution in [2.45, 2.75) is 31.7 Å². The van der Waals surface area contributed by atoms with Gasteiger partial charge in [0, 0.05) is 43.5 Å². The van der Waals surface area contributed by atoms with Gasteiger partial charge in [0.15, 0.2) is 0 Å². The largest absolute Gasteiger partial charge is 0.334 e. The lowest BCUT2D eigenvalue weighted by molar-refractivity contribution is -0.130. The molecule has 0 saturated carbocycles. The van der Waals surface area contributed by atoms with E-state index < -0.39 is 0 Å². The van der Waals surface area contributed by atoms with Crippen LogP contribution in [0.15, 0.2) is 58.7 Å². The molecule has 2 aromatic rings. The van der Waals surface area contributed by atoms with Gasteiger partial charge in [0.1, 0.15) is 4.60 Å². The first-order valence-corrected chi connectivity index (χ1v) is 9.56. The number of amides is 1. The lowest BCUT2D eigenvalue weighted by atomic mass is 9.99. The van der Waals surface area contributed by atoms with E-state index in [9.17, 15) is 4.79 Å². The van der Waals surface area contributed by atoms with Crippen molar-refractivity contribution in [2.75, 3.05) is 6.54 Å². The smallest absolute Gasteiger partial charge is 0.227 e. The molecule has 2 aliphatic heterocycles. The first kappa shape index (κ1) is 17.1. The molecule has 0 radical (unpaired) electrons. The zero-order valence-corrected chi connectivity index (χ0v) is 15.9. The molecule has 1 atom stereocenters. The minimum Gasteiger partial charge on any atom is -0.334 e. The van der Waals surface area contributed by atoms with Gasteiger partial charge in [0.05, 0.1) is 12.5 Å². The van der Waals surface area contributed by atoms with E-state index in [-0.39, 0.29) is 11.9 Å². The van der Waals surface area contributed by atoms with Gasteiger partial charge in [-0.15, -0.1) is 0 Å². The maximum absolute atomic E-state index is 12.8. The van der Waals surface area contributed by atoms with Crippen LogP contribution in [-0.4, -0.2) is 39.1 Å². The van der Waals surface area contributed by atoms with E-state index in [1.165, 1.54) is 0 Å². The molecule has 4 heterocycles. The van der Waals surface area contributed by atoms with Crippen molar-refractivity contribution in [1.82, 2.24) is 14.9 Å². The van der Waals surface area contributed by atoms with E-state index in [2.05, 4.69) is 30.9 Å². The summed E-state index contributed by atoms with van der Waals surface area (Å²) in [6.45, 7) is 0.804. The molecule has 0 aromatic carbocycles. The summed E-state index contributed by atoms with van der Waals surface area (Å²) in [4.78, 5) is 27.8. The fourth-order valence-corrected chi connectivity index (χ4v) is 3.82. The fourth-order valence-electron chi connectivity index (χ4n) is 3.58. The standard InChI is InChI=1S/C20H19BrN4O/c21-19-6-5-15(12-24-19)16-10-17(23-13-16)18-4-2-8-25(18)20(26)9-14-3-1-7-22-11-14/h1,3,5-7,11-13,18H,2,4,8-10H2/t18-/m0/s1. The summed E-state index contributed by atoms with van der Waals surface area (Å²) in [7, 11) is 0. The second-order valence-corrected chi connectivity index (χ2v) is 7.42. The summed E-state index contributed by atoms with van der Waals surface area (Å²) in [5.74, 6) is 0.155. The van der Waals surface area contributed by atoms with E-state index in [1.807, 2.05) is 41.6 Å². The molecule has 0 unspecified atom stereocenters. The highest BCUT2D eigenvalue weighted by Crippen LogP contribution is 2.30. The normalized spacial score (nSPS) is 19.4. The molecular formula is C20H19BrN4O. The molecule has 132 valence electrons. The zero-order valence-electron chi connectivity index (χ0n) is 14.3. The molecule has 2 aliphatic rings. The molecule has 1 amide bonds. The van der Waals surface area contributed by atoms with Crippen LogP contribution in [0.5, 0.6) is 0 Å². The molecule has 0 N–H and O–H groups in total. The van der Waals surface area contributed by atoms with Gasteiger partial charge in [-0.05, 0) is 57.6 Å². The highest BCUT2D eigenvalue weighted by molar-refractivity contribution is 9.10. The Morgan fingerprint density at radius 2 is 2.19 bits per heavy atom. The van der Waals surface area contributed by atoms with Crippen LogP contribution in [0.3, 0.4) is 0 Å². The SMILES string of the molecule is O=C(Cc1cccnc1)N1CCC[C@H]1C1=NC=C(c2ccc(Br)nc2)C1. The average molecular weight is 411 g/mol. The summed E-state index contributed by atoms with van der Waals surface area (Å²) in [6.07, 6.45) is 10.4. The number of halogens is 1. The number of pyridine rings is 2. The Hall–Kier alpha value is -2.34. The lowest BCUT2D eigenvalue weighted by Crippen LogP contribution is -2.41. The van der Waals surface area contributed by atoms with Crippen LogP contribution in [0.1, 0.15) is 30.4 Å². The van der Waals surface area contributed by atoms with Crippen molar-refractivity contribution < 1.29 is 4.79 Å². The zero-order chi connectivity index (χ0) is 17.9. The Morgan fingerprint density at radius 3 is 2.96 bits per heavy atom. The third-order valence-electron chi connectivity index (χ3n) is 4.89. The molecule has 0 bridgehead atoms. The third-order valence-corrected chi connectivity index (χ3v) is 5.36. The molecule has 0 spiro atoms. The number of likely N-dealkylation sites (tertiary alicyclic amines) is 1. The van der Waals surface area contributed by atoms with Gasteiger partial charge in [0.25, 0.3) is 0 Å². The van der Waals surface area contributed by atoms with E-state index in [1.54, 1.807) is 12.4 Å². The Balaban J connectivity index is 1.43. The van der Waals surface area contributed by atoms with Crippen LogP contribution in [0.4, 0.5) is 0 Å². The quantitative estimate of drug-likeness (QED) is 0.722. The van der Waals surface area contributed by atoms with Crippen molar-refractivity contribution in [2.24, 2.45) is 4.99 Å². The fraction of sp³-hybridized carbons (Fsp3) is 0.300. The monoisotopic (exact) mass is 410 g/mol. The number of rotatable bonds is 4. The molecule has 2 aromatic heterocycles. The van der Waals surface area contributed by atoms with Crippen molar-refractivity contribution in [3.8, 4) is 0 Å². The number of carbonyl (C=O) groups excluding carboxylic acids is 1. The topological polar surface area (TPSA) is 58.5 Å². The average Bonchev–Trinajstić information content (AvgIpc) is 3.32. The van der Waals surface area contributed by atoms with Crippen LogP contribution in [0.2, 0.25) is 0 Å². The molecule has 5 nitrogen and oxygen atoms in total. The Kier molecular flexibility index (Phi) is 4.93. The predicted octanol–water partition coefficient (Wildman–Crippen LogP) is 3.66. The molecule has 4 rings (SSSR count). The minimum absolute atomic E-state index is 0.108. The van der Waals surface area contributed by atoms with E-state index >= 15 is 0 Å². The molecule has 1 saturated heterocycles. The first-order valence-electron chi connectivity index (χ1n) is 8.76. The number of nitrogens with zero attached hydrogens (tertiary/aromatic N) is 4. The molecule has 26 heavy (non-hydrogen) atoms. The van der Waals surface area contributed by atoms with Gasteiger partial charge in [-0.1, -0.05) is 12.1 Å². The Bertz CT molecular complexity index is 861. The number of hydrogen-bond acceptors (Lipinski definition) is 4. The van der Waals surface area contributed by atoms with Crippen molar-refractivity contribution >= 4 is 33.1 Å². The van der Waals surface area contributed by atoms with Crippen LogP contribution < -0.4 is 0 Å². The van der Waals surface area contributed by atoms with E-state index in [4.69, 9.17) is 0 Å². The summed E-state index contributed by atoms with van der Waals surface area (Å²) >= 11 is 3.36. The molecule has 1 fully saturated rings. The second-order valence-electron chi connectivity index (χ2n) is 6.60. The van der Waals surface area contributed by atoms with Crippen LogP contribution in [0, 0.1) is 0 Å². The lowest BCUT2D eigenvalue weighted by Gasteiger charge is -2.25. The maximum Gasteiger partial charge on any atom is 0.227 e. The summed E-state index contributed by atoms with van der Waals surface area (Å²) in [5, 5.41) is 0. The van der Waals surface area contributed by atoms with Crippen molar-refractivity contribution in [1.29, 1.82) is 0 Å². The highest BCUT2D eigenvalue weighted by atomic mass is 79.9. The minimum atomic E-state index is 0.108. The van der Waals surface area contributed by atoms with Gasteiger partial charge in [0.2, 0.25) is 5.91 Å². The summed E-state index contributed by atoms with van der Waals surface area (Å²) in [5.41, 5.74) is 4.28. The molecule has 6 heteroatoms. The summed E-state index contributed by atoms with van der Waals surface area (Å²) in [6, 6.07) is 7.90. The van der Waals surface area contributed by atoms with Crippen LogP contribution in [-0.2, 0) is 11.2 Å². The Labute approximate surface area is 161 Å². The maximum atomic E-state index is 12.8. The summed E-state index contributed by atoms with van der Waals surface area (Å²) < 4.78 is 0.823. The van der Waals surface area contributed by atoms with Crippen molar-refractivity contribution in [3.05, 3.63) is 64.8 Å². The highest BCUT2D eigenvalue weighted by Gasteiger charge is 2.33. The van der Waals surface area contributed by atoms with Crippen LogP contribution >= 0.6 is 15.9 Å². The van der Waals surface area contributed by atoms with Crippen LogP contribution in [0.25, 0.3) is 5.57 Å². The number of aliphatic imine (C=N–C) groups is 1. The Morgan fingerprint density at radius 1 is 1.27 bits per heavy atom. The molecule has 0 aliphatic carbocycles. The van der Waals surface area contributed by atoms with Gasteiger partial charge in [-0.25, -0.2) is 4.98 Å². The van der Waals surface area contributed by atoms with E-state index in [0.29, 0.717) is 6.42 Å². The van der Waals surface area contributed by atoms with Gasteiger partial charge in [-0.3, -0.25) is 14.8 Å². The van der Waals surface area contributed by atoms with Crippen molar-refractivity contribution in [3.63, 3.8) is 0 Å². The third kappa shape index (κ3) is 3.60. The first-order chi connectivity index (χ1) is 12.7. The molecular weight excluding hydrogens is 392 g/mol. The van der Waals surface area contributed by atoms with Gasteiger partial charge < -0.3 is 4.90 Å². The number of aromatic nitrogens is 2.